The largest absolute Gasteiger partial charge is 0.392 e. The number of amides is 4. The van der Waals surface area contributed by atoms with Gasteiger partial charge in [0.05, 0.1) is 17.2 Å². The normalized spacial score (nSPS) is 28.1. The minimum Gasteiger partial charge on any atom is -0.392 e. The monoisotopic (exact) mass is 386 g/mol. The third kappa shape index (κ3) is 3.11. The molecule has 0 bridgehead atoms. The van der Waals surface area contributed by atoms with Gasteiger partial charge < -0.3 is 10.8 Å². The van der Waals surface area contributed by atoms with E-state index < -0.39 is 35.8 Å². The Labute approximate surface area is 161 Å². The number of fused-ring (bicyclic) bond motifs is 1. The number of nitrogens with zero attached hydrogens (tertiary/aromatic N) is 2. The first-order chi connectivity index (χ1) is 13.4. The van der Waals surface area contributed by atoms with Crippen molar-refractivity contribution in [2.75, 3.05) is 13.1 Å². The van der Waals surface area contributed by atoms with Gasteiger partial charge in [-0.3, -0.25) is 34.3 Å². The van der Waals surface area contributed by atoms with Crippen LogP contribution in [0.25, 0.3) is 0 Å². The quantitative estimate of drug-likeness (QED) is 0.564. The second-order valence-corrected chi connectivity index (χ2v) is 7.54. The van der Waals surface area contributed by atoms with Crippen molar-refractivity contribution in [3.05, 3.63) is 34.9 Å². The molecule has 9 nitrogen and oxygen atoms in total. The fourth-order valence-corrected chi connectivity index (χ4v) is 4.25. The first kappa shape index (κ1) is 18.7. The molecule has 0 aliphatic carbocycles. The van der Waals surface area contributed by atoms with E-state index in [2.05, 4.69) is 10.2 Å². The van der Waals surface area contributed by atoms with E-state index in [1.54, 1.807) is 18.2 Å². The van der Waals surface area contributed by atoms with Crippen molar-refractivity contribution in [3.8, 4) is 0 Å². The SMILES string of the molecule is NC[C@H]1C[C@H](O)CN1Cc1ccc2c(c1)C(=O)N(C1CCC(=O)NC1=O)C2=O. The Morgan fingerprint density at radius 2 is 1.89 bits per heavy atom. The van der Waals surface area contributed by atoms with Crippen molar-refractivity contribution in [2.45, 2.75) is 44.0 Å². The number of likely N-dealkylation sites (tertiary alicyclic amines) is 1. The van der Waals surface area contributed by atoms with Gasteiger partial charge in [-0.05, 0) is 30.5 Å². The van der Waals surface area contributed by atoms with Crippen LogP contribution >= 0.6 is 0 Å². The van der Waals surface area contributed by atoms with Crippen molar-refractivity contribution >= 4 is 23.6 Å². The van der Waals surface area contributed by atoms with Crippen LogP contribution in [-0.2, 0) is 16.1 Å². The minimum absolute atomic E-state index is 0.0700. The molecule has 3 atom stereocenters. The lowest BCUT2D eigenvalue weighted by Crippen LogP contribution is -2.54. The predicted molar refractivity (Wildman–Crippen MR) is 97.0 cm³/mol. The fourth-order valence-electron chi connectivity index (χ4n) is 4.25. The highest BCUT2D eigenvalue weighted by atomic mass is 16.3. The van der Waals surface area contributed by atoms with E-state index in [4.69, 9.17) is 5.73 Å². The number of aliphatic hydroxyl groups excluding tert-OH is 1. The van der Waals surface area contributed by atoms with Gasteiger partial charge in [0.15, 0.2) is 0 Å². The number of hydrogen-bond donors (Lipinski definition) is 3. The molecule has 4 amide bonds. The second-order valence-electron chi connectivity index (χ2n) is 7.54. The van der Waals surface area contributed by atoms with Gasteiger partial charge in [0.25, 0.3) is 11.8 Å². The number of carbonyl (C=O) groups excluding carboxylic acids is 4. The van der Waals surface area contributed by atoms with E-state index in [0.717, 1.165) is 10.5 Å². The van der Waals surface area contributed by atoms with Crippen molar-refractivity contribution in [1.82, 2.24) is 15.1 Å². The molecule has 1 aromatic carbocycles. The van der Waals surface area contributed by atoms with Crippen molar-refractivity contribution in [3.63, 3.8) is 0 Å². The van der Waals surface area contributed by atoms with Crippen LogP contribution in [0.15, 0.2) is 18.2 Å². The van der Waals surface area contributed by atoms with Crippen LogP contribution in [0, 0.1) is 0 Å². The van der Waals surface area contributed by atoms with Crippen LogP contribution in [0.5, 0.6) is 0 Å². The number of β-amino-alcohol motifs (C(OH)–C–C–N with tert-alkyl or cyclic N) is 1. The topological polar surface area (TPSA) is 133 Å². The molecule has 0 saturated carbocycles. The molecule has 28 heavy (non-hydrogen) atoms. The van der Waals surface area contributed by atoms with Gasteiger partial charge >= 0.3 is 0 Å². The molecule has 3 aliphatic heterocycles. The Morgan fingerprint density at radius 1 is 1.14 bits per heavy atom. The van der Waals surface area contributed by atoms with Gasteiger partial charge in [-0.15, -0.1) is 0 Å². The number of piperidine rings is 1. The summed E-state index contributed by atoms with van der Waals surface area (Å²) in [5.41, 5.74) is 7.13. The minimum atomic E-state index is -0.969. The standard InChI is InChI=1S/C19H22N4O5/c20-7-11-6-12(24)9-22(11)8-10-1-2-13-14(5-10)19(28)23(18(13)27)15-3-4-16(25)21-17(15)26/h1-2,5,11-12,15,24H,3-4,6-9,20H2,(H,21,25,26)/t11-,12+,15?/m1/s1. The molecule has 0 radical (unpaired) electrons. The Hall–Kier alpha value is -2.62. The summed E-state index contributed by atoms with van der Waals surface area (Å²) in [6.07, 6.45) is 0.413. The molecular weight excluding hydrogens is 364 g/mol. The molecule has 2 fully saturated rings. The number of carbonyl (C=O) groups is 4. The third-order valence-corrected chi connectivity index (χ3v) is 5.67. The Kier molecular flexibility index (Phi) is 4.74. The lowest BCUT2D eigenvalue weighted by Gasteiger charge is -2.27. The Morgan fingerprint density at radius 3 is 2.61 bits per heavy atom. The second kappa shape index (κ2) is 7.08. The number of aliphatic hydroxyl groups is 1. The van der Waals surface area contributed by atoms with Crippen LogP contribution in [0.2, 0.25) is 0 Å². The highest BCUT2D eigenvalue weighted by molar-refractivity contribution is 6.23. The number of imide groups is 2. The van der Waals surface area contributed by atoms with Crippen LogP contribution < -0.4 is 11.1 Å². The first-order valence-corrected chi connectivity index (χ1v) is 9.35. The van der Waals surface area contributed by atoms with Gasteiger partial charge in [0.1, 0.15) is 6.04 Å². The molecule has 2 saturated heterocycles. The van der Waals surface area contributed by atoms with E-state index >= 15 is 0 Å². The van der Waals surface area contributed by atoms with E-state index in [9.17, 15) is 24.3 Å². The smallest absolute Gasteiger partial charge is 0.262 e. The highest BCUT2D eigenvalue weighted by Gasteiger charge is 2.44. The number of nitrogens with two attached hydrogens (primary N) is 1. The summed E-state index contributed by atoms with van der Waals surface area (Å²) in [5, 5.41) is 12.1. The van der Waals surface area contributed by atoms with E-state index in [0.29, 0.717) is 26.1 Å². The van der Waals surface area contributed by atoms with E-state index in [1.165, 1.54) is 0 Å². The Bertz CT molecular complexity index is 870. The molecule has 3 heterocycles. The fraction of sp³-hybridized carbons (Fsp3) is 0.474. The molecule has 4 rings (SSSR count). The van der Waals surface area contributed by atoms with E-state index in [-0.39, 0.29) is 30.0 Å². The zero-order valence-electron chi connectivity index (χ0n) is 15.3. The lowest BCUT2D eigenvalue weighted by atomic mass is 10.0. The number of hydrogen-bond acceptors (Lipinski definition) is 7. The van der Waals surface area contributed by atoms with Crippen molar-refractivity contribution < 1.29 is 24.3 Å². The van der Waals surface area contributed by atoms with Crippen LogP contribution in [0.3, 0.4) is 0 Å². The maximum Gasteiger partial charge on any atom is 0.262 e. The summed E-state index contributed by atoms with van der Waals surface area (Å²) in [5.74, 6) is -2.06. The van der Waals surface area contributed by atoms with E-state index in [1.807, 2.05) is 0 Å². The summed E-state index contributed by atoms with van der Waals surface area (Å²) in [4.78, 5) is 52.0. The van der Waals surface area contributed by atoms with Crippen molar-refractivity contribution in [1.29, 1.82) is 0 Å². The van der Waals surface area contributed by atoms with Gasteiger partial charge in [0.2, 0.25) is 11.8 Å². The maximum atomic E-state index is 12.9. The first-order valence-electron chi connectivity index (χ1n) is 9.35. The molecule has 4 N–H and O–H groups in total. The molecule has 1 unspecified atom stereocenters. The number of rotatable bonds is 4. The maximum absolute atomic E-state index is 12.9. The predicted octanol–water partition coefficient (Wildman–Crippen LogP) is -1.02. The number of nitrogens with one attached hydrogen (secondary N) is 1. The Balaban J connectivity index is 1.56. The number of benzene rings is 1. The van der Waals surface area contributed by atoms with Gasteiger partial charge in [-0.25, -0.2) is 0 Å². The summed E-state index contributed by atoms with van der Waals surface area (Å²) in [7, 11) is 0. The van der Waals surface area contributed by atoms with Crippen LogP contribution in [0.4, 0.5) is 0 Å². The molecular formula is C19H22N4O5. The summed E-state index contributed by atoms with van der Waals surface area (Å²) in [6.45, 7) is 1.45. The molecule has 0 spiro atoms. The summed E-state index contributed by atoms with van der Waals surface area (Å²) >= 11 is 0. The summed E-state index contributed by atoms with van der Waals surface area (Å²) in [6, 6.07) is 4.14. The molecule has 9 heteroatoms. The average molecular weight is 386 g/mol. The van der Waals surface area contributed by atoms with Crippen LogP contribution in [-0.4, -0.2) is 69.8 Å². The zero-order valence-corrected chi connectivity index (χ0v) is 15.3. The van der Waals surface area contributed by atoms with Crippen molar-refractivity contribution in [2.24, 2.45) is 5.73 Å². The van der Waals surface area contributed by atoms with Gasteiger partial charge in [-0.1, -0.05) is 6.07 Å². The molecule has 3 aliphatic rings. The lowest BCUT2D eigenvalue weighted by molar-refractivity contribution is -0.136. The molecule has 0 aromatic heterocycles. The highest BCUT2D eigenvalue weighted by Crippen LogP contribution is 2.29. The molecule has 148 valence electrons. The van der Waals surface area contributed by atoms with Crippen LogP contribution in [0.1, 0.15) is 45.5 Å². The zero-order chi connectivity index (χ0) is 20.0. The van der Waals surface area contributed by atoms with Gasteiger partial charge in [0, 0.05) is 32.1 Å². The average Bonchev–Trinajstić information content (AvgIpc) is 3.13. The molecule has 1 aromatic rings. The summed E-state index contributed by atoms with van der Waals surface area (Å²) < 4.78 is 0. The van der Waals surface area contributed by atoms with Gasteiger partial charge in [-0.2, -0.15) is 0 Å². The third-order valence-electron chi connectivity index (χ3n) is 5.67.